The molecule has 116 valence electrons. The van der Waals surface area contributed by atoms with E-state index in [1.807, 2.05) is 12.1 Å². The predicted molar refractivity (Wildman–Crippen MR) is 83.1 cm³/mol. The number of ether oxygens (including phenoxy) is 2. The molecule has 2 N–H and O–H groups in total. The molecular weight excluding hydrogens is 266 g/mol. The average molecular weight is 291 g/mol. The van der Waals surface area contributed by atoms with Crippen molar-refractivity contribution in [2.24, 2.45) is 0 Å². The summed E-state index contributed by atoms with van der Waals surface area (Å²) < 4.78 is 11.0. The number of likely N-dealkylation sites (N-methyl/N-ethyl adjacent to an activating group) is 2. The maximum absolute atomic E-state index is 6.02. The lowest BCUT2D eigenvalue weighted by Crippen LogP contribution is -2.44. The van der Waals surface area contributed by atoms with Crippen molar-refractivity contribution < 1.29 is 9.47 Å². The Labute approximate surface area is 126 Å². The first-order chi connectivity index (χ1) is 10.1. The van der Waals surface area contributed by atoms with Crippen LogP contribution in [0.2, 0.25) is 0 Å². The minimum Gasteiger partial charge on any atom is -0.467 e. The van der Waals surface area contributed by atoms with Crippen LogP contribution in [-0.4, -0.2) is 49.8 Å². The summed E-state index contributed by atoms with van der Waals surface area (Å²) in [6.45, 7) is 4.12. The molecule has 21 heavy (non-hydrogen) atoms. The topological polar surface area (TPSA) is 51.0 Å². The highest BCUT2D eigenvalue weighted by atomic mass is 16.7. The zero-order valence-corrected chi connectivity index (χ0v) is 13.0. The summed E-state index contributed by atoms with van der Waals surface area (Å²) in [5, 5.41) is 0. The zero-order chi connectivity index (χ0) is 14.8. The Balaban J connectivity index is 1.76. The van der Waals surface area contributed by atoms with E-state index in [1.54, 1.807) is 0 Å². The second-order valence-electron chi connectivity index (χ2n) is 6.25. The molecular formula is C16H25N3O2. The molecule has 2 aliphatic rings. The summed E-state index contributed by atoms with van der Waals surface area (Å²) in [4.78, 5) is 4.83. The molecule has 0 saturated carbocycles. The Kier molecular flexibility index (Phi) is 4.33. The molecule has 1 unspecified atom stereocenters. The predicted octanol–water partition coefficient (Wildman–Crippen LogP) is 1.66. The number of likely N-dealkylation sites (tertiary alicyclic amines) is 1. The number of benzene rings is 1. The number of hydrogen-bond donors (Lipinski definition) is 1. The average Bonchev–Trinajstić information content (AvgIpc) is 2.47. The first kappa shape index (κ1) is 14.6. The minimum absolute atomic E-state index is 0.333. The fourth-order valence-electron chi connectivity index (χ4n) is 3.34. The van der Waals surface area contributed by atoms with E-state index < -0.39 is 0 Å². The van der Waals surface area contributed by atoms with Crippen LogP contribution in [0.25, 0.3) is 0 Å². The van der Waals surface area contributed by atoms with Gasteiger partial charge in [0.05, 0.1) is 6.61 Å². The first-order valence-corrected chi connectivity index (χ1v) is 7.64. The summed E-state index contributed by atoms with van der Waals surface area (Å²) >= 11 is 0. The SMILES string of the molecule is CN1CCCC(N(C)Cc2cc(N)cc3c2OCOC3)C1. The van der Waals surface area contributed by atoms with E-state index in [0.29, 0.717) is 19.4 Å². The Bertz CT molecular complexity index is 507. The maximum atomic E-state index is 6.02. The van der Waals surface area contributed by atoms with Crippen molar-refractivity contribution in [2.45, 2.75) is 32.0 Å². The highest BCUT2D eigenvalue weighted by Crippen LogP contribution is 2.32. The lowest BCUT2D eigenvalue weighted by molar-refractivity contribution is -0.0175. The van der Waals surface area contributed by atoms with Gasteiger partial charge in [0.1, 0.15) is 5.75 Å². The van der Waals surface area contributed by atoms with Crippen LogP contribution < -0.4 is 10.5 Å². The number of fused-ring (bicyclic) bond motifs is 1. The van der Waals surface area contributed by atoms with E-state index >= 15 is 0 Å². The Morgan fingerprint density at radius 1 is 1.43 bits per heavy atom. The van der Waals surface area contributed by atoms with Gasteiger partial charge >= 0.3 is 0 Å². The molecule has 0 amide bonds. The third kappa shape index (κ3) is 3.31. The number of nitrogens with two attached hydrogens (primary N) is 1. The summed E-state index contributed by atoms with van der Waals surface area (Å²) in [5.74, 6) is 0.964. The van der Waals surface area contributed by atoms with Crippen molar-refractivity contribution in [3.05, 3.63) is 23.3 Å². The molecule has 1 aromatic rings. The fourth-order valence-corrected chi connectivity index (χ4v) is 3.34. The first-order valence-electron chi connectivity index (χ1n) is 7.64. The zero-order valence-electron chi connectivity index (χ0n) is 13.0. The monoisotopic (exact) mass is 291 g/mol. The van der Waals surface area contributed by atoms with Gasteiger partial charge in [0.15, 0.2) is 6.79 Å². The molecule has 2 aliphatic heterocycles. The molecule has 1 atom stereocenters. The smallest absolute Gasteiger partial charge is 0.189 e. The van der Waals surface area contributed by atoms with Crippen LogP contribution >= 0.6 is 0 Å². The molecule has 0 bridgehead atoms. The van der Waals surface area contributed by atoms with Gasteiger partial charge in [-0.25, -0.2) is 0 Å². The number of piperidine rings is 1. The second-order valence-corrected chi connectivity index (χ2v) is 6.25. The molecule has 1 fully saturated rings. The number of anilines is 1. The molecule has 0 radical (unpaired) electrons. The van der Waals surface area contributed by atoms with E-state index in [9.17, 15) is 0 Å². The summed E-state index contributed by atoms with van der Waals surface area (Å²) in [6.07, 6.45) is 2.53. The molecule has 5 heteroatoms. The third-order valence-electron chi connectivity index (χ3n) is 4.45. The van der Waals surface area contributed by atoms with Crippen molar-refractivity contribution in [3.8, 4) is 5.75 Å². The van der Waals surface area contributed by atoms with Gasteiger partial charge in [-0.2, -0.15) is 0 Å². The lowest BCUT2D eigenvalue weighted by atomic mass is 10.0. The van der Waals surface area contributed by atoms with Crippen LogP contribution in [0.15, 0.2) is 12.1 Å². The van der Waals surface area contributed by atoms with Crippen LogP contribution in [0.3, 0.4) is 0 Å². The second kappa shape index (κ2) is 6.22. The van der Waals surface area contributed by atoms with Gasteiger partial charge in [-0.1, -0.05) is 0 Å². The quantitative estimate of drug-likeness (QED) is 0.858. The number of rotatable bonds is 3. The summed E-state index contributed by atoms with van der Waals surface area (Å²) in [7, 11) is 4.39. The summed E-state index contributed by atoms with van der Waals surface area (Å²) in [6, 6.07) is 4.58. The van der Waals surface area contributed by atoms with Gasteiger partial charge in [0.25, 0.3) is 0 Å². The van der Waals surface area contributed by atoms with Gasteiger partial charge < -0.3 is 20.1 Å². The fraction of sp³-hybridized carbons (Fsp3) is 0.625. The van der Waals surface area contributed by atoms with Gasteiger partial charge in [-0.15, -0.1) is 0 Å². The molecule has 2 heterocycles. The number of nitrogens with zero attached hydrogens (tertiary/aromatic N) is 2. The van der Waals surface area contributed by atoms with Crippen molar-refractivity contribution in [3.63, 3.8) is 0 Å². The molecule has 0 spiro atoms. The third-order valence-corrected chi connectivity index (χ3v) is 4.45. The van der Waals surface area contributed by atoms with Crippen LogP contribution in [0, 0.1) is 0 Å². The molecule has 1 saturated heterocycles. The lowest BCUT2D eigenvalue weighted by Gasteiger charge is -2.36. The normalized spacial score (nSPS) is 22.9. The Morgan fingerprint density at radius 3 is 3.10 bits per heavy atom. The van der Waals surface area contributed by atoms with Crippen molar-refractivity contribution >= 4 is 5.69 Å². The highest BCUT2D eigenvalue weighted by Gasteiger charge is 2.23. The Hall–Kier alpha value is -1.30. The van der Waals surface area contributed by atoms with E-state index in [4.69, 9.17) is 15.2 Å². The minimum atomic E-state index is 0.333. The largest absolute Gasteiger partial charge is 0.467 e. The van der Waals surface area contributed by atoms with Gasteiger partial charge in [0, 0.05) is 35.9 Å². The van der Waals surface area contributed by atoms with Crippen LogP contribution in [0.4, 0.5) is 5.69 Å². The molecule has 3 rings (SSSR count). The number of hydrogen-bond acceptors (Lipinski definition) is 5. The van der Waals surface area contributed by atoms with Gasteiger partial charge in [-0.05, 0) is 45.6 Å². The molecule has 5 nitrogen and oxygen atoms in total. The number of nitrogen functional groups attached to an aromatic ring is 1. The van der Waals surface area contributed by atoms with E-state index in [0.717, 1.165) is 30.1 Å². The van der Waals surface area contributed by atoms with E-state index in [-0.39, 0.29) is 0 Å². The summed E-state index contributed by atoms with van der Waals surface area (Å²) in [5.41, 5.74) is 9.04. The van der Waals surface area contributed by atoms with E-state index in [2.05, 4.69) is 23.9 Å². The highest BCUT2D eigenvalue weighted by molar-refractivity contribution is 5.53. The van der Waals surface area contributed by atoms with Gasteiger partial charge in [-0.3, -0.25) is 4.90 Å². The Morgan fingerprint density at radius 2 is 2.29 bits per heavy atom. The van der Waals surface area contributed by atoms with Crippen LogP contribution in [0.5, 0.6) is 5.75 Å². The van der Waals surface area contributed by atoms with Crippen LogP contribution in [-0.2, 0) is 17.9 Å². The van der Waals surface area contributed by atoms with E-state index in [1.165, 1.54) is 24.9 Å². The van der Waals surface area contributed by atoms with Gasteiger partial charge in [0.2, 0.25) is 0 Å². The van der Waals surface area contributed by atoms with Crippen molar-refractivity contribution in [2.75, 3.05) is 39.7 Å². The molecule has 1 aromatic carbocycles. The maximum Gasteiger partial charge on any atom is 0.189 e. The molecule has 0 aromatic heterocycles. The molecule has 0 aliphatic carbocycles. The van der Waals surface area contributed by atoms with Crippen LogP contribution in [0.1, 0.15) is 24.0 Å². The standard InChI is InChI=1S/C16H25N3O2/c1-18-5-3-4-15(9-18)19(2)8-12-6-14(17)7-13-10-20-11-21-16(12)13/h6-7,15H,3-5,8-11,17H2,1-2H3. The van der Waals surface area contributed by atoms with Crippen molar-refractivity contribution in [1.82, 2.24) is 9.80 Å². The van der Waals surface area contributed by atoms with Crippen molar-refractivity contribution in [1.29, 1.82) is 0 Å².